The van der Waals surface area contributed by atoms with Crippen molar-refractivity contribution >= 4 is 23.2 Å². The normalized spacial score (nSPS) is 11.6. The summed E-state index contributed by atoms with van der Waals surface area (Å²) >= 11 is 0. The van der Waals surface area contributed by atoms with Gasteiger partial charge in [0.05, 0.1) is 13.2 Å². The first-order valence-electron chi connectivity index (χ1n) is 10.7. The minimum absolute atomic E-state index is 0.109. The van der Waals surface area contributed by atoms with Gasteiger partial charge in [-0.3, -0.25) is 14.5 Å². The van der Waals surface area contributed by atoms with Crippen LogP contribution < -0.4 is 15.4 Å². The van der Waals surface area contributed by atoms with Gasteiger partial charge in [0.25, 0.3) is 5.91 Å². The van der Waals surface area contributed by atoms with Crippen LogP contribution in [0.3, 0.4) is 0 Å². The summed E-state index contributed by atoms with van der Waals surface area (Å²) in [5.74, 6) is 0.430. The maximum absolute atomic E-state index is 12.5. The van der Waals surface area contributed by atoms with Gasteiger partial charge in [0.15, 0.2) is 0 Å². The molecule has 6 nitrogen and oxygen atoms in total. The van der Waals surface area contributed by atoms with Crippen molar-refractivity contribution in [3.8, 4) is 5.75 Å². The monoisotopic (exact) mass is 431 g/mol. The molecule has 3 rings (SSSR count). The molecule has 0 unspecified atom stereocenters. The second-order valence-corrected chi connectivity index (χ2v) is 7.54. The van der Waals surface area contributed by atoms with Crippen molar-refractivity contribution in [3.63, 3.8) is 0 Å². The SMILES string of the molecule is CCOc1ccc(NC(=O)c2ccc(NC(=O)CN(C)[C@H](C)c3ccccc3)cc2)cc1. The zero-order valence-electron chi connectivity index (χ0n) is 18.7. The molecule has 2 N–H and O–H groups in total. The van der Waals surface area contributed by atoms with E-state index in [0.29, 0.717) is 23.5 Å². The Kier molecular flexibility index (Phi) is 8.00. The van der Waals surface area contributed by atoms with Gasteiger partial charge in [-0.05, 0) is 75.0 Å². The van der Waals surface area contributed by atoms with Gasteiger partial charge in [-0.15, -0.1) is 0 Å². The molecule has 1 atom stereocenters. The molecule has 0 aliphatic carbocycles. The molecule has 3 aromatic carbocycles. The highest BCUT2D eigenvalue weighted by Crippen LogP contribution is 2.19. The fourth-order valence-corrected chi connectivity index (χ4v) is 3.26. The van der Waals surface area contributed by atoms with E-state index >= 15 is 0 Å². The van der Waals surface area contributed by atoms with Crippen LogP contribution in [-0.4, -0.2) is 36.9 Å². The Morgan fingerprint density at radius 3 is 2.09 bits per heavy atom. The van der Waals surface area contributed by atoms with Crippen molar-refractivity contribution < 1.29 is 14.3 Å². The van der Waals surface area contributed by atoms with Crippen molar-refractivity contribution in [2.75, 3.05) is 30.8 Å². The summed E-state index contributed by atoms with van der Waals surface area (Å²) in [4.78, 5) is 26.9. The number of carbonyl (C=O) groups excluding carboxylic acids is 2. The van der Waals surface area contributed by atoms with Gasteiger partial charge in [0, 0.05) is 23.0 Å². The van der Waals surface area contributed by atoms with Crippen LogP contribution in [0.1, 0.15) is 35.8 Å². The second-order valence-electron chi connectivity index (χ2n) is 7.54. The van der Waals surface area contributed by atoms with Crippen LogP contribution in [0.5, 0.6) is 5.75 Å². The minimum atomic E-state index is -0.219. The van der Waals surface area contributed by atoms with Crippen LogP contribution in [0, 0.1) is 0 Å². The predicted molar refractivity (Wildman–Crippen MR) is 128 cm³/mol. The van der Waals surface area contributed by atoms with E-state index in [0.717, 1.165) is 11.3 Å². The van der Waals surface area contributed by atoms with E-state index in [1.165, 1.54) is 0 Å². The van der Waals surface area contributed by atoms with Crippen LogP contribution in [0.15, 0.2) is 78.9 Å². The van der Waals surface area contributed by atoms with E-state index in [1.54, 1.807) is 36.4 Å². The summed E-state index contributed by atoms with van der Waals surface area (Å²) in [5, 5.41) is 5.74. The molecule has 0 saturated heterocycles. The smallest absolute Gasteiger partial charge is 0.255 e. The van der Waals surface area contributed by atoms with E-state index in [-0.39, 0.29) is 24.4 Å². The maximum Gasteiger partial charge on any atom is 0.255 e. The number of ether oxygens (including phenoxy) is 1. The molecular formula is C26H29N3O3. The molecule has 0 aliphatic heterocycles. The summed E-state index contributed by atoms with van der Waals surface area (Å²) in [6.07, 6.45) is 0. The number of amides is 2. The van der Waals surface area contributed by atoms with E-state index in [4.69, 9.17) is 4.74 Å². The van der Waals surface area contributed by atoms with Crippen LogP contribution in [0.25, 0.3) is 0 Å². The first-order chi connectivity index (χ1) is 15.5. The maximum atomic E-state index is 12.5. The Bertz CT molecular complexity index is 1020. The molecule has 166 valence electrons. The van der Waals surface area contributed by atoms with Crippen LogP contribution in [-0.2, 0) is 4.79 Å². The number of anilines is 2. The first kappa shape index (κ1) is 23.0. The van der Waals surface area contributed by atoms with E-state index in [1.807, 2.05) is 49.2 Å². The Labute approximate surface area is 189 Å². The summed E-state index contributed by atoms with van der Waals surface area (Å²) in [5.41, 5.74) is 3.00. The summed E-state index contributed by atoms with van der Waals surface area (Å²) < 4.78 is 5.40. The number of rotatable bonds is 9. The topological polar surface area (TPSA) is 70.7 Å². The fourth-order valence-electron chi connectivity index (χ4n) is 3.26. The van der Waals surface area contributed by atoms with E-state index < -0.39 is 0 Å². The highest BCUT2D eigenvalue weighted by Gasteiger charge is 2.15. The van der Waals surface area contributed by atoms with Crippen LogP contribution in [0.2, 0.25) is 0 Å². The van der Waals surface area contributed by atoms with Gasteiger partial charge >= 0.3 is 0 Å². The standard InChI is InChI=1S/C26H29N3O3/c1-4-32-24-16-14-23(15-17-24)28-26(31)21-10-12-22(13-11-21)27-25(30)18-29(3)19(2)20-8-6-5-7-9-20/h5-17,19H,4,18H2,1-3H3,(H,27,30)(H,28,31)/t19-/m1/s1. The van der Waals surface area contributed by atoms with Crippen molar-refractivity contribution in [2.24, 2.45) is 0 Å². The Balaban J connectivity index is 1.52. The van der Waals surface area contributed by atoms with Crippen molar-refractivity contribution in [3.05, 3.63) is 90.0 Å². The Morgan fingerprint density at radius 1 is 0.875 bits per heavy atom. The average molecular weight is 432 g/mol. The summed E-state index contributed by atoms with van der Waals surface area (Å²) in [6, 6.07) is 24.2. The Morgan fingerprint density at radius 2 is 1.47 bits per heavy atom. The molecule has 0 heterocycles. The molecule has 0 bridgehead atoms. The largest absolute Gasteiger partial charge is 0.494 e. The fraction of sp³-hybridized carbons (Fsp3) is 0.231. The van der Waals surface area contributed by atoms with Gasteiger partial charge in [-0.1, -0.05) is 30.3 Å². The van der Waals surface area contributed by atoms with E-state index in [9.17, 15) is 9.59 Å². The number of hydrogen-bond acceptors (Lipinski definition) is 4. The number of nitrogens with one attached hydrogen (secondary N) is 2. The molecule has 0 saturated carbocycles. The lowest BCUT2D eigenvalue weighted by molar-refractivity contribution is -0.117. The molecule has 32 heavy (non-hydrogen) atoms. The van der Waals surface area contributed by atoms with Gasteiger partial charge in [-0.2, -0.15) is 0 Å². The lowest BCUT2D eigenvalue weighted by atomic mass is 10.1. The molecule has 0 fully saturated rings. The van der Waals surface area contributed by atoms with Crippen molar-refractivity contribution in [1.82, 2.24) is 4.90 Å². The number of hydrogen-bond donors (Lipinski definition) is 2. The van der Waals surface area contributed by atoms with E-state index in [2.05, 4.69) is 29.7 Å². The minimum Gasteiger partial charge on any atom is -0.494 e. The summed E-state index contributed by atoms with van der Waals surface area (Å²) in [6.45, 7) is 4.85. The molecule has 2 amide bonds. The molecule has 3 aromatic rings. The quantitative estimate of drug-likeness (QED) is 0.502. The average Bonchev–Trinajstić information content (AvgIpc) is 2.81. The van der Waals surface area contributed by atoms with Gasteiger partial charge in [0.2, 0.25) is 5.91 Å². The lowest BCUT2D eigenvalue weighted by Gasteiger charge is -2.24. The van der Waals surface area contributed by atoms with Crippen LogP contribution in [0.4, 0.5) is 11.4 Å². The molecule has 0 spiro atoms. The molecule has 0 radical (unpaired) electrons. The molecule has 0 aromatic heterocycles. The van der Waals surface area contributed by atoms with Gasteiger partial charge in [-0.25, -0.2) is 0 Å². The predicted octanol–water partition coefficient (Wildman–Crippen LogP) is 4.97. The third-order valence-corrected chi connectivity index (χ3v) is 5.19. The summed E-state index contributed by atoms with van der Waals surface area (Å²) in [7, 11) is 1.92. The first-order valence-corrected chi connectivity index (χ1v) is 10.7. The lowest BCUT2D eigenvalue weighted by Crippen LogP contribution is -2.32. The third-order valence-electron chi connectivity index (χ3n) is 5.19. The molecule has 0 aliphatic rings. The van der Waals surface area contributed by atoms with Gasteiger partial charge < -0.3 is 15.4 Å². The zero-order valence-corrected chi connectivity index (χ0v) is 18.7. The third kappa shape index (κ3) is 6.43. The second kappa shape index (κ2) is 11.1. The number of carbonyl (C=O) groups is 2. The highest BCUT2D eigenvalue weighted by molar-refractivity contribution is 6.04. The highest BCUT2D eigenvalue weighted by atomic mass is 16.5. The number of benzene rings is 3. The number of likely N-dealkylation sites (N-methyl/N-ethyl adjacent to an activating group) is 1. The van der Waals surface area contributed by atoms with Crippen molar-refractivity contribution in [1.29, 1.82) is 0 Å². The molecule has 6 heteroatoms. The van der Waals surface area contributed by atoms with Crippen molar-refractivity contribution in [2.45, 2.75) is 19.9 Å². The molecular weight excluding hydrogens is 402 g/mol. The Hall–Kier alpha value is -3.64. The van der Waals surface area contributed by atoms with Crippen LogP contribution >= 0.6 is 0 Å². The number of nitrogens with zero attached hydrogens (tertiary/aromatic N) is 1. The van der Waals surface area contributed by atoms with Gasteiger partial charge in [0.1, 0.15) is 5.75 Å². The zero-order chi connectivity index (χ0) is 22.9.